The van der Waals surface area contributed by atoms with E-state index in [1.165, 1.54) is 15.3 Å². The van der Waals surface area contributed by atoms with E-state index in [-0.39, 0.29) is 29.3 Å². The monoisotopic (exact) mass is 377 g/mol. The van der Waals surface area contributed by atoms with Gasteiger partial charge in [0.1, 0.15) is 0 Å². The van der Waals surface area contributed by atoms with Gasteiger partial charge in [0.2, 0.25) is 10.0 Å². The van der Waals surface area contributed by atoms with Crippen molar-refractivity contribution >= 4 is 28.3 Å². The Balaban J connectivity index is 0.00000529. The highest BCUT2D eigenvalue weighted by molar-refractivity contribution is 7.89. The SMILES string of the molecule is CCN(CC)S(=O)(=O)c1cc(C(=O)N(C)C(C)CN)ccc1C.Cl. The number of hydrogen-bond donors (Lipinski definition) is 1. The lowest BCUT2D eigenvalue weighted by atomic mass is 10.1. The van der Waals surface area contributed by atoms with Gasteiger partial charge in [-0.05, 0) is 31.5 Å². The van der Waals surface area contributed by atoms with Crippen molar-refractivity contribution in [3.05, 3.63) is 29.3 Å². The van der Waals surface area contributed by atoms with Gasteiger partial charge in [-0.1, -0.05) is 19.9 Å². The second-order valence-electron chi connectivity index (χ2n) is 5.57. The lowest BCUT2D eigenvalue weighted by Crippen LogP contribution is -2.39. The summed E-state index contributed by atoms with van der Waals surface area (Å²) >= 11 is 0. The minimum absolute atomic E-state index is 0. The summed E-state index contributed by atoms with van der Waals surface area (Å²) in [5, 5.41) is 0. The Bertz CT molecular complexity index is 661. The van der Waals surface area contributed by atoms with E-state index in [2.05, 4.69) is 0 Å². The topological polar surface area (TPSA) is 83.7 Å². The Kier molecular flexibility index (Phi) is 8.91. The molecule has 2 N–H and O–H groups in total. The number of carbonyl (C=O) groups excluding carboxylic acids is 1. The van der Waals surface area contributed by atoms with Crippen LogP contribution in [0.5, 0.6) is 0 Å². The minimum Gasteiger partial charge on any atom is -0.338 e. The molecule has 24 heavy (non-hydrogen) atoms. The molecule has 1 amide bonds. The Hall–Kier alpha value is -1.15. The molecule has 0 aromatic heterocycles. The van der Waals surface area contributed by atoms with E-state index in [0.29, 0.717) is 30.8 Å². The largest absolute Gasteiger partial charge is 0.338 e. The molecule has 8 heteroatoms. The normalized spacial score (nSPS) is 12.6. The number of sulfonamides is 1. The number of nitrogens with zero attached hydrogens (tertiary/aromatic N) is 2. The summed E-state index contributed by atoms with van der Waals surface area (Å²) in [4.78, 5) is 14.2. The summed E-state index contributed by atoms with van der Waals surface area (Å²) in [7, 11) is -1.94. The van der Waals surface area contributed by atoms with Gasteiger partial charge < -0.3 is 10.6 Å². The maximum atomic E-state index is 12.7. The first-order chi connectivity index (χ1) is 10.7. The van der Waals surface area contributed by atoms with Crippen LogP contribution in [0.1, 0.15) is 36.7 Å². The zero-order valence-corrected chi connectivity index (χ0v) is 16.6. The second-order valence-corrected chi connectivity index (χ2v) is 7.48. The van der Waals surface area contributed by atoms with Crippen molar-refractivity contribution < 1.29 is 13.2 Å². The second kappa shape index (κ2) is 9.36. The van der Waals surface area contributed by atoms with Crippen LogP contribution in [0.3, 0.4) is 0 Å². The van der Waals surface area contributed by atoms with Crippen molar-refractivity contribution in [3.63, 3.8) is 0 Å². The van der Waals surface area contributed by atoms with Crippen LogP contribution in [-0.2, 0) is 10.0 Å². The molecule has 1 aromatic carbocycles. The van der Waals surface area contributed by atoms with E-state index in [4.69, 9.17) is 5.73 Å². The number of carbonyl (C=O) groups is 1. The van der Waals surface area contributed by atoms with Crippen LogP contribution >= 0.6 is 12.4 Å². The number of rotatable bonds is 7. The number of hydrogen-bond acceptors (Lipinski definition) is 4. The molecule has 0 radical (unpaired) electrons. The van der Waals surface area contributed by atoms with E-state index in [1.54, 1.807) is 40.0 Å². The summed E-state index contributed by atoms with van der Waals surface area (Å²) in [6.45, 7) is 8.29. The standard InChI is InChI=1S/C16H27N3O3S.ClH/c1-6-19(7-2)23(21,22)15-10-14(9-8-12(15)3)16(20)18(5)13(4)11-17;/h8-10,13H,6-7,11,17H2,1-5H3;1H. The first-order valence-electron chi connectivity index (χ1n) is 7.78. The van der Waals surface area contributed by atoms with Gasteiger partial charge in [0.15, 0.2) is 0 Å². The van der Waals surface area contributed by atoms with E-state index in [9.17, 15) is 13.2 Å². The molecule has 1 unspecified atom stereocenters. The number of likely N-dealkylation sites (N-methyl/N-ethyl adjacent to an activating group) is 1. The van der Waals surface area contributed by atoms with Crippen LogP contribution in [-0.4, -0.2) is 56.3 Å². The van der Waals surface area contributed by atoms with Crippen LogP contribution in [0, 0.1) is 6.92 Å². The molecule has 6 nitrogen and oxygen atoms in total. The van der Waals surface area contributed by atoms with E-state index in [0.717, 1.165) is 0 Å². The predicted molar refractivity (Wildman–Crippen MR) is 99.1 cm³/mol. The number of aryl methyl sites for hydroxylation is 1. The molecule has 0 aliphatic rings. The fourth-order valence-corrected chi connectivity index (χ4v) is 3.98. The van der Waals surface area contributed by atoms with Crippen molar-refractivity contribution in [1.82, 2.24) is 9.21 Å². The van der Waals surface area contributed by atoms with Crippen molar-refractivity contribution in [2.24, 2.45) is 5.73 Å². The highest BCUT2D eigenvalue weighted by Crippen LogP contribution is 2.22. The zero-order chi connectivity index (χ0) is 17.8. The van der Waals surface area contributed by atoms with Gasteiger partial charge in [0, 0.05) is 38.3 Å². The number of halogens is 1. The van der Waals surface area contributed by atoms with E-state index >= 15 is 0 Å². The Morgan fingerprint density at radius 2 is 1.79 bits per heavy atom. The molecule has 0 saturated heterocycles. The van der Waals surface area contributed by atoms with Gasteiger partial charge in [-0.25, -0.2) is 8.42 Å². The van der Waals surface area contributed by atoms with Crippen LogP contribution < -0.4 is 5.73 Å². The molecular formula is C16H28ClN3O3S. The third-order valence-electron chi connectivity index (χ3n) is 4.08. The highest BCUT2D eigenvalue weighted by atomic mass is 35.5. The number of nitrogens with two attached hydrogens (primary N) is 1. The first-order valence-corrected chi connectivity index (χ1v) is 9.22. The zero-order valence-electron chi connectivity index (χ0n) is 14.9. The van der Waals surface area contributed by atoms with Gasteiger partial charge in [0.05, 0.1) is 4.90 Å². The van der Waals surface area contributed by atoms with Crippen LogP contribution in [0.15, 0.2) is 23.1 Å². The van der Waals surface area contributed by atoms with Crippen molar-refractivity contribution in [3.8, 4) is 0 Å². The molecule has 0 spiro atoms. The van der Waals surface area contributed by atoms with E-state index < -0.39 is 10.0 Å². The lowest BCUT2D eigenvalue weighted by Gasteiger charge is -2.24. The van der Waals surface area contributed by atoms with Gasteiger partial charge in [-0.3, -0.25) is 4.79 Å². The molecule has 0 bridgehead atoms. The molecular weight excluding hydrogens is 350 g/mol. The molecule has 1 atom stereocenters. The summed E-state index contributed by atoms with van der Waals surface area (Å²) in [6.07, 6.45) is 0. The molecule has 0 fully saturated rings. The Morgan fingerprint density at radius 1 is 1.25 bits per heavy atom. The Labute approximate surface area is 151 Å². The third-order valence-corrected chi connectivity index (χ3v) is 6.27. The summed E-state index contributed by atoms with van der Waals surface area (Å²) in [5.74, 6) is -0.237. The molecule has 138 valence electrons. The quantitative estimate of drug-likeness (QED) is 0.786. The van der Waals surface area contributed by atoms with Crippen LogP contribution in [0.2, 0.25) is 0 Å². The lowest BCUT2D eigenvalue weighted by molar-refractivity contribution is 0.0748. The van der Waals surface area contributed by atoms with Gasteiger partial charge in [-0.15, -0.1) is 12.4 Å². The fourth-order valence-electron chi connectivity index (χ4n) is 2.28. The van der Waals surface area contributed by atoms with E-state index in [1.807, 2.05) is 6.92 Å². The molecule has 0 saturated carbocycles. The Morgan fingerprint density at radius 3 is 2.25 bits per heavy atom. The van der Waals surface area contributed by atoms with Gasteiger partial charge >= 0.3 is 0 Å². The van der Waals surface area contributed by atoms with Crippen molar-refractivity contribution in [1.29, 1.82) is 0 Å². The minimum atomic E-state index is -3.60. The summed E-state index contributed by atoms with van der Waals surface area (Å²) in [6, 6.07) is 4.67. The molecule has 1 rings (SSSR count). The number of benzene rings is 1. The molecule has 0 aliphatic carbocycles. The molecule has 0 aliphatic heterocycles. The number of amides is 1. The summed E-state index contributed by atoms with van der Waals surface area (Å²) in [5.41, 5.74) is 6.57. The smallest absolute Gasteiger partial charge is 0.253 e. The van der Waals surface area contributed by atoms with Crippen molar-refractivity contribution in [2.45, 2.75) is 38.6 Å². The fraction of sp³-hybridized carbons (Fsp3) is 0.562. The van der Waals surface area contributed by atoms with Gasteiger partial charge in [-0.2, -0.15) is 4.31 Å². The van der Waals surface area contributed by atoms with Crippen molar-refractivity contribution in [2.75, 3.05) is 26.7 Å². The molecule has 0 heterocycles. The third kappa shape index (κ3) is 4.69. The molecule has 1 aromatic rings. The first kappa shape index (κ1) is 22.9. The maximum absolute atomic E-state index is 12.7. The van der Waals surface area contributed by atoms with Crippen LogP contribution in [0.25, 0.3) is 0 Å². The van der Waals surface area contributed by atoms with Gasteiger partial charge in [0.25, 0.3) is 5.91 Å². The predicted octanol–water partition coefficient (Wildman–Crippen LogP) is 1.87. The summed E-state index contributed by atoms with van der Waals surface area (Å²) < 4.78 is 26.8. The van der Waals surface area contributed by atoms with Crippen LogP contribution in [0.4, 0.5) is 0 Å². The average Bonchev–Trinajstić information content (AvgIpc) is 2.53. The maximum Gasteiger partial charge on any atom is 0.253 e. The highest BCUT2D eigenvalue weighted by Gasteiger charge is 2.25. The average molecular weight is 378 g/mol.